The third kappa shape index (κ3) is 4.39. The van der Waals surface area contributed by atoms with Crippen LogP contribution in [-0.2, 0) is 16.6 Å². The maximum atomic E-state index is 11.8. The maximum Gasteiger partial charge on any atom is 0.159 e. The van der Waals surface area contributed by atoms with E-state index < -0.39 is 10.8 Å². The molecule has 1 aromatic carbocycles. The summed E-state index contributed by atoms with van der Waals surface area (Å²) in [6.07, 6.45) is 5.57. The van der Waals surface area contributed by atoms with Crippen LogP contribution < -0.4 is 0 Å². The first-order valence-corrected chi connectivity index (χ1v) is 8.47. The molecule has 1 unspecified atom stereocenters. The Bertz CT molecular complexity index is 569. The quantitative estimate of drug-likeness (QED) is 0.814. The standard InChI is InChI=1S/C15H17ClN2OS/c1-2-3-8-20(19)11-12-9-17-15(18-10-12)13-4-6-14(16)7-5-13/h4-7,9-10H,2-3,8,11H2,1H3. The van der Waals surface area contributed by atoms with Crippen molar-refractivity contribution in [3.05, 3.63) is 47.2 Å². The molecule has 1 aromatic heterocycles. The Morgan fingerprint density at radius 3 is 2.40 bits per heavy atom. The van der Waals surface area contributed by atoms with Crippen molar-refractivity contribution in [3.8, 4) is 11.4 Å². The molecule has 1 atom stereocenters. The highest BCUT2D eigenvalue weighted by atomic mass is 35.5. The van der Waals surface area contributed by atoms with Gasteiger partial charge in [0.2, 0.25) is 0 Å². The van der Waals surface area contributed by atoms with Crippen LogP contribution in [0.4, 0.5) is 0 Å². The van der Waals surface area contributed by atoms with Crippen molar-refractivity contribution in [2.24, 2.45) is 0 Å². The largest absolute Gasteiger partial charge is 0.259 e. The molecule has 106 valence electrons. The Morgan fingerprint density at radius 2 is 1.80 bits per heavy atom. The topological polar surface area (TPSA) is 42.9 Å². The first kappa shape index (κ1) is 15.1. The van der Waals surface area contributed by atoms with Gasteiger partial charge in [-0.25, -0.2) is 9.97 Å². The van der Waals surface area contributed by atoms with Crippen molar-refractivity contribution in [3.63, 3.8) is 0 Å². The van der Waals surface area contributed by atoms with Gasteiger partial charge in [-0.05, 0) is 30.7 Å². The van der Waals surface area contributed by atoms with Gasteiger partial charge in [-0.1, -0.05) is 24.9 Å². The Balaban J connectivity index is 2.02. The summed E-state index contributed by atoms with van der Waals surface area (Å²) in [7, 11) is -0.823. The SMILES string of the molecule is CCCCS(=O)Cc1cnc(-c2ccc(Cl)cc2)nc1. The van der Waals surface area contributed by atoms with Crippen molar-refractivity contribution < 1.29 is 4.21 Å². The molecule has 0 aliphatic heterocycles. The van der Waals surface area contributed by atoms with E-state index in [1.54, 1.807) is 12.4 Å². The number of nitrogens with zero attached hydrogens (tertiary/aromatic N) is 2. The van der Waals surface area contributed by atoms with Gasteiger partial charge in [0.05, 0.1) is 5.75 Å². The van der Waals surface area contributed by atoms with E-state index in [0.717, 1.165) is 29.7 Å². The summed E-state index contributed by atoms with van der Waals surface area (Å²) in [6, 6.07) is 7.40. The van der Waals surface area contributed by atoms with Gasteiger partial charge in [-0.15, -0.1) is 0 Å². The summed E-state index contributed by atoms with van der Waals surface area (Å²) >= 11 is 5.85. The second-order valence-electron chi connectivity index (χ2n) is 4.56. The number of unbranched alkanes of at least 4 members (excludes halogenated alkanes) is 1. The van der Waals surface area contributed by atoms with Gasteiger partial charge in [-0.2, -0.15) is 0 Å². The fourth-order valence-electron chi connectivity index (χ4n) is 1.74. The lowest BCUT2D eigenvalue weighted by molar-refractivity contribution is 0.679. The predicted octanol–water partition coefficient (Wildman–Crippen LogP) is 3.85. The fraction of sp³-hybridized carbons (Fsp3) is 0.333. The van der Waals surface area contributed by atoms with Crippen molar-refractivity contribution in [2.75, 3.05) is 5.75 Å². The zero-order valence-electron chi connectivity index (χ0n) is 11.4. The minimum absolute atomic E-state index is 0.529. The molecule has 0 saturated carbocycles. The molecular formula is C15H17ClN2OS. The molecule has 0 N–H and O–H groups in total. The van der Waals surface area contributed by atoms with Crippen LogP contribution in [-0.4, -0.2) is 19.9 Å². The first-order chi connectivity index (χ1) is 9.69. The summed E-state index contributed by atoms with van der Waals surface area (Å²) in [4.78, 5) is 8.65. The molecule has 5 heteroatoms. The number of halogens is 1. The van der Waals surface area contributed by atoms with Gasteiger partial charge in [0.15, 0.2) is 5.82 Å². The van der Waals surface area contributed by atoms with E-state index in [0.29, 0.717) is 16.6 Å². The fourth-order valence-corrected chi connectivity index (χ4v) is 3.14. The molecule has 0 fully saturated rings. The van der Waals surface area contributed by atoms with E-state index in [4.69, 9.17) is 11.6 Å². The summed E-state index contributed by atoms with van der Waals surface area (Å²) in [6.45, 7) is 2.10. The number of rotatable bonds is 6. The molecule has 0 aliphatic carbocycles. The van der Waals surface area contributed by atoms with Gasteiger partial charge in [0, 0.05) is 45.1 Å². The van der Waals surface area contributed by atoms with Gasteiger partial charge < -0.3 is 0 Å². The third-order valence-corrected chi connectivity index (χ3v) is 4.51. The molecule has 1 heterocycles. The Hall–Kier alpha value is -1.26. The van der Waals surface area contributed by atoms with Crippen LogP contribution in [0.2, 0.25) is 5.02 Å². The van der Waals surface area contributed by atoms with Crippen molar-refractivity contribution in [1.29, 1.82) is 0 Å². The number of hydrogen-bond donors (Lipinski definition) is 0. The summed E-state index contributed by atoms with van der Waals surface area (Å²) in [5.41, 5.74) is 1.84. The van der Waals surface area contributed by atoms with Gasteiger partial charge >= 0.3 is 0 Å². The molecule has 2 aromatic rings. The van der Waals surface area contributed by atoms with E-state index in [1.165, 1.54) is 0 Å². The van der Waals surface area contributed by atoms with E-state index >= 15 is 0 Å². The Labute approximate surface area is 126 Å². The minimum Gasteiger partial charge on any atom is -0.259 e. The van der Waals surface area contributed by atoms with Crippen LogP contribution in [0.25, 0.3) is 11.4 Å². The monoisotopic (exact) mass is 308 g/mol. The smallest absolute Gasteiger partial charge is 0.159 e. The summed E-state index contributed by atoms with van der Waals surface area (Å²) in [5, 5.41) is 0.691. The molecule has 0 spiro atoms. The molecule has 0 saturated heterocycles. The second kappa shape index (κ2) is 7.50. The van der Waals surface area contributed by atoms with Crippen molar-refractivity contribution >= 4 is 22.4 Å². The van der Waals surface area contributed by atoms with Crippen LogP contribution in [0.15, 0.2) is 36.7 Å². The lowest BCUT2D eigenvalue weighted by Gasteiger charge is -2.03. The van der Waals surface area contributed by atoms with Gasteiger partial charge in [-0.3, -0.25) is 4.21 Å². The third-order valence-electron chi connectivity index (χ3n) is 2.86. The van der Waals surface area contributed by atoms with Crippen molar-refractivity contribution in [1.82, 2.24) is 9.97 Å². The molecule has 0 aliphatic rings. The highest BCUT2D eigenvalue weighted by Gasteiger charge is 2.05. The van der Waals surface area contributed by atoms with Crippen LogP contribution in [0.3, 0.4) is 0 Å². The highest BCUT2D eigenvalue weighted by molar-refractivity contribution is 7.84. The van der Waals surface area contributed by atoms with E-state index in [1.807, 2.05) is 24.3 Å². The van der Waals surface area contributed by atoms with E-state index in [2.05, 4.69) is 16.9 Å². The first-order valence-electron chi connectivity index (χ1n) is 6.61. The minimum atomic E-state index is -0.823. The molecule has 0 bridgehead atoms. The Kier molecular flexibility index (Phi) is 5.68. The van der Waals surface area contributed by atoms with Crippen molar-refractivity contribution in [2.45, 2.75) is 25.5 Å². The zero-order valence-corrected chi connectivity index (χ0v) is 13.0. The molecule has 3 nitrogen and oxygen atoms in total. The normalized spacial score (nSPS) is 12.3. The molecule has 2 rings (SSSR count). The number of benzene rings is 1. The average molecular weight is 309 g/mol. The lowest BCUT2D eigenvalue weighted by atomic mass is 10.2. The molecule has 0 radical (unpaired) electrons. The Morgan fingerprint density at radius 1 is 1.15 bits per heavy atom. The highest BCUT2D eigenvalue weighted by Crippen LogP contribution is 2.17. The van der Waals surface area contributed by atoms with Crippen LogP contribution >= 0.6 is 11.6 Å². The average Bonchev–Trinajstić information content (AvgIpc) is 2.47. The van der Waals surface area contributed by atoms with E-state index in [9.17, 15) is 4.21 Å². The predicted molar refractivity (Wildman–Crippen MR) is 84.1 cm³/mol. The summed E-state index contributed by atoms with van der Waals surface area (Å²) in [5.74, 6) is 1.93. The summed E-state index contributed by atoms with van der Waals surface area (Å²) < 4.78 is 11.8. The van der Waals surface area contributed by atoms with E-state index in [-0.39, 0.29) is 0 Å². The molecular weight excluding hydrogens is 292 g/mol. The number of hydrogen-bond acceptors (Lipinski definition) is 3. The number of aromatic nitrogens is 2. The lowest BCUT2D eigenvalue weighted by Crippen LogP contribution is -2.02. The maximum absolute atomic E-state index is 11.8. The van der Waals surface area contributed by atoms with Crippen LogP contribution in [0.1, 0.15) is 25.3 Å². The molecule has 0 amide bonds. The van der Waals surface area contributed by atoms with Crippen LogP contribution in [0.5, 0.6) is 0 Å². The van der Waals surface area contributed by atoms with Gasteiger partial charge in [0.25, 0.3) is 0 Å². The molecule has 20 heavy (non-hydrogen) atoms. The van der Waals surface area contributed by atoms with Crippen LogP contribution in [0, 0.1) is 0 Å². The van der Waals surface area contributed by atoms with Gasteiger partial charge in [0.1, 0.15) is 0 Å². The zero-order chi connectivity index (χ0) is 14.4. The second-order valence-corrected chi connectivity index (χ2v) is 6.58.